The van der Waals surface area contributed by atoms with Gasteiger partial charge in [-0.15, -0.1) is 0 Å². The smallest absolute Gasteiger partial charge is 0.135 e. The quantitative estimate of drug-likeness (QED) is 0.881. The van der Waals surface area contributed by atoms with Crippen LogP contribution < -0.4 is 10.5 Å². The minimum atomic E-state index is 0.617. The molecule has 0 amide bonds. The van der Waals surface area contributed by atoms with E-state index in [0.29, 0.717) is 12.3 Å². The fourth-order valence-corrected chi connectivity index (χ4v) is 1.85. The second-order valence-electron chi connectivity index (χ2n) is 3.61. The lowest BCUT2D eigenvalue weighted by molar-refractivity contribution is 0.320. The summed E-state index contributed by atoms with van der Waals surface area (Å²) in [6.07, 6.45) is 4.42. The van der Waals surface area contributed by atoms with Gasteiger partial charge in [0.2, 0.25) is 0 Å². The van der Waals surface area contributed by atoms with Gasteiger partial charge in [-0.2, -0.15) is 0 Å². The molecule has 2 N–H and O–H groups in total. The minimum Gasteiger partial charge on any atom is -0.492 e. The highest BCUT2D eigenvalue weighted by molar-refractivity contribution is 9.10. The molecule has 4 heteroatoms. The molecule has 0 unspecified atom stereocenters. The first-order valence-electron chi connectivity index (χ1n) is 5.33. The number of benzene rings is 1. The van der Waals surface area contributed by atoms with Crippen molar-refractivity contribution in [3.8, 4) is 5.75 Å². The predicted octanol–water partition coefficient (Wildman–Crippen LogP) is 3.05. The van der Waals surface area contributed by atoms with E-state index in [1.807, 2.05) is 30.3 Å². The summed E-state index contributed by atoms with van der Waals surface area (Å²) in [7, 11) is 0. The number of nitrogen functional groups attached to an aromatic ring is 1. The van der Waals surface area contributed by atoms with Crippen molar-refractivity contribution in [1.82, 2.24) is 4.98 Å². The maximum absolute atomic E-state index is 5.77. The summed E-state index contributed by atoms with van der Waals surface area (Å²) >= 11 is 3.41. The van der Waals surface area contributed by atoms with Crippen LogP contribution in [0.5, 0.6) is 5.75 Å². The number of halogens is 1. The Bertz CT molecular complexity index is 488. The topological polar surface area (TPSA) is 48.1 Å². The van der Waals surface area contributed by atoms with Crippen LogP contribution in [-0.2, 0) is 6.42 Å². The highest BCUT2D eigenvalue weighted by atomic mass is 79.9. The first-order valence-corrected chi connectivity index (χ1v) is 6.12. The Balaban J connectivity index is 1.93. The van der Waals surface area contributed by atoms with Gasteiger partial charge in [0.25, 0.3) is 0 Å². The van der Waals surface area contributed by atoms with Gasteiger partial charge in [0.05, 0.1) is 11.1 Å². The lowest BCUT2D eigenvalue weighted by Crippen LogP contribution is -2.02. The van der Waals surface area contributed by atoms with Crippen molar-refractivity contribution < 1.29 is 4.74 Å². The van der Waals surface area contributed by atoms with Crippen molar-refractivity contribution in [2.45, 2.75) is 6.42 Å². The fraction of sp³-hybridized carbons (Fsp3) is 0.154. The minimum absolute atomic E-state index is 0.617. The molecule has 2 aromatic rings. The monoisotopic (exact) mass is 292 g/mol. The normalized spacial score (nSPS) is 10.2. The largest absolute Gasteiger partial charge is 0.492 e. The van der Waals surface area contributed by atoms with Gasteiger partial charge in [0.15, 0.2) is 0 Å². The predicted molar refractivity (Wildman–Crippen MR) is 72.0 cm³/mol. The van der Waals surface area contributed by atoms with E-state index < -0.39 is 0 Å². The molecular formula is C13H13BrN2O. The van der Waals surface area contributed by atoms with Gasteiger partial charge in [-0.05, 0) is 45.8 Å². The van der Waals surface area contributed by atoms with Gasteiger partial charge in [-0.3, -0.25) is 4.98 Å². The summed E-state index contributed by atoms with van der Waals surface area (Å²) in [6, 6.07) is 9.57. The Morgan fingerprint density at radius 2 is 1.94 bits per heavy atom. The number of nitrogens with two attached hydrogens (primary N) is 1. The highest BCUT2D eigenvalue weighted by Gasteiger charge is 2.03. The summed E-state index contributed by atoms with van der Waals surface area (Å²) in [5.41, 5.74) is 7.66. The zero-order valence-electron chi connectivity index (χ0n) is 9.27. The number of anilines is 1. The third kappa shape index (κ3) is 3.20. The lowest BCUT2D eigenvalue weighted by Gasteiger charge is -2.09. The van der Waals surface area contributed by atoms with Crippen molar-refractivity contribution in [2.75, 3.05) is 12.3 Å². The summed E-state index contributed by atoms with van der Waals surface area (Å²) < 4.78 is 6.49. The molecule has 3 nitrogen and oxygen atoms in total. The van der Waals surface area contributed by atoms with Crippen molar-refractivity contribution in [3.05, 3.63) is 52.8 Å². The molecule has 0 saturated carbocycles. The van der Waals surface area contributed by atoms with E-state index in [1.165, 1.54) is 5.56 Å². The van der Waals surface area contributed by atoms with Gasteiger partial charge in [0, 0.05) is 24.5 Å². The Labute approximate surface area is 109 Å². The van der Waals surface area contributed by atoms with Crippen molar-refractivity contribution >= 4 is 21.6 Å². The number of ether oxygens (including phenoxy) is 1. The van der Waals surface area contributed by atoms with Crippen molar-refractivity contribution in [2.24, 2.45) is 0 Å². The molecule has 0 bridgehead atoms. The van der Waals surface area contributed by atoms with Crippen LogP contribution in [0.3, 0.4) is 0 Å². The molecule has 0 aliphatic carbocycles. The highest BCUT2D eigenvalue weighted by Crippen LogP contribution is 2.30. The summed E-state index contributed by atoms with van der Waals surface area (Å²) in [5.74, 6) is 0.777. The zero-order valence-corrected chi connectivity index (χ0v) is 10.9. The zero-order chi connectivity index (χ0) is 12.1. The van der Waals surface area contributed by atoms with Crippen molar-refractivity contribution in [3.63, 3.8) is 0 Å². The van der Waals surface area contributed by atoms with Gasteiger partial charge in [-0.25, -0.2) is 0 Å². The number of rotatable bonds is 4. The van der Waals surface area contributed by atoms with E-state index >= 15 is 0 Å². The molecule has 0 atom stereocenters. The second kappa shape index (κ2) is 5.68. The van der Waals surface area contributed by atoms with Crippen LogP contribution in [0.2, 0.25) is 0 Å². The van der Waals surface area contributed by atoms with Crippen LogP contribution in [0.1, 0.15) is 5.56 Å². The van der Waals surface area contributed by atoms with Gasteiger partial charge < -0.3 is 10.5 Å². The lowest BCUT2D eigenvalue weighted by atomic mass is 10.2. The number of pyridine rings is 1. The van der Waals surface area contributed by atoms with E-state index in [1.54, 1.807) is 12.4 Å². The van der Waals surface area contributed by atoms with E-state index in [-0.39, 0.29) is 0 Å². The molecule has 88 valence electrons. The van der Waals surface area contributed by atoms with Crippen LogP contribution in [0, 0.1) is 0 Å². The number of nitrogens with zero attached hydrogens (tertiary/aromatic N) is 1. The summed E-state index contributed by atoms with van der Waals surface area (Å²) in [6.45, 7) is 0.617. The second-order valence-corrected chi connectivity index (χ2v) is 4.41. The first-order chi connectivity index (χ1) is 8.27. The molecule has 0 aliphatic rings. The van der Waals surface area contributed by atoms with Crippen LogP contribution >= 0.6 is 15.9 Å². The standard InChI is InChI=1S/C13H13BrN2O/c14-13-11(15)2-1-3-12(13)17-9-6-10-4-7-16-8-5-10/h1-5,7-8H,6,9,15H2. The maximum atomic E-state index is 5.77. The third-order valence-electron chi connectivity index (χ3n) is 2.39. The van der Waals surface area contributed by atoms with Gasteiger partial charge >= 0.3 is 0 Å². The molecule has 2 rings (SSSR count). The Morgan fingerprint density at radius 3 is 2.71 bits per heavy atom. The average Bonchev–Trinajstić information content (AvgIpc) is 2.36. The number of hydrogen-bond donors (Lipinski definition) is 1. The van der Waals surface area contributed by atoms with Crippen molar-refractivity contribution in [1.29, 1.82) is 0 Å². The van der Waals surface area contributed by atoms with Crippen LogP contribution in [0.15, 0.2) is 47.2 Å². The maximum Gasteiger partial charge on any atom is 0.135 e. The molecule has 0 radical (unpaired) electrons. The molecule has 0 spiro atoms. The van der Waals surface area contributed by atoms with Gasteiger partial charge in [0.1, 0.15) is 5.75 Å². The molecule has 1 heterocycles. The molecular weight excluding hydrogens is 280 g/mol. The Kier molecular flexibility index (Phi) is 3.98. The van der Waals surface area contributed by atoms with Crippen LogP contribution in [0.25, 0.3) is 0 Å². The fourth-order valence-electron chi connectivity index (χ4n) is 1.47. The Morgan fingerprint density at radius 1 is 1.18 bits per heavy atom. The summed E-state index contributed by atoms with van der Waals surface area (Å²) in [4.78, 5) is 3.97. The van der Waals surface area contributed by atoms with Crippen LogP contribution in [0.4, 0.5) is 5.69 Å². The van der Waals surface area contributed by atoms with Crippen LogP contribution in [-0.4, -0.2) is 11.6 Å². The SMILES string of the molecule is Nc1cccc(OCCc2ccncc2)c1Br. The van der Waals surface area contributed by atoms with Gasteiger partial charge in [-0.1, -0.05) is 6.07 Å². The van der Waals surface area contributed by atoms with E-state index in [4.69, 9.17) is 10.5 Å². The molecule has 0 aliphatic heterocycles. The van der Waals surface area contributed by atoms with E-state index in [0.717, 1.165) is 16.6 Å². The first kappa shape index (κ1) is 11.9. The molecule has 17 heavy (non-hydrogen) atoms. The van der Waals surface area contributed by atoms with E-state index in [9.17, 15) is 0 Å². The third-order valence-corrected chi connectivity index (χ3v) is 3.24. The number of hydrogen-bond acceptors (Lipinski definition) is 3. The molecule has 1 aromatic carbocycles. The Hall–Kier alpha value is -1.55. The molecule has 0 fully saturated rings. The molecule has 1 aromatic heterocycles. The average molecular weight is 293 g/mol. The molecule has 0 saturated heterocycles. The van der Waals surface area contributed by atoms with E-state index in [2.05, 4.69) is 20.9 Å². The summed E-state index contributed by atoms with van der Waals surface area (Å²) in [5, 5.41) is 0. The number of aromatic nitrogens is 1.